The Morgan fingerprint density at radius 3 is 2.38 bits per heavy atom. The van der Waals surface area contributed by atoms with Crippen molar-refractivity contribution in [2.45, 2.75) is 32.4 Å². The predicted molar refractivity (Wildman–Crippen MR) is 55.8 cm³/mol. The van der Waals surface area contributed by atoms with Gasteiger partial charge in [-0.2, -0.15) is 13.2 Å². The van der Waals surface area contributed by atoms with E-state index in [-0.39, 0.29) is 24.8 Å². The van der Waals surface area contributed by atoms with Crippen molar-refractivity contribution in [2.24, 2.45) is 11.7 Å². The lowest BCUT2D eigenvalue weighted by atomic mass is 10.0. The average Bonchev–Trinajstić information content (AvgIpc) is 2.20. The third-order valence-electron chi connectivity index (χ3n) is 2.53. The summed E-state index contributed by atoms with van der Waals surface area (Å²) in [7, 11) is 1.39. The van der Waals surface area contributed by atoms with Gasteiger partial charge < -0.3 is 10.6 Å². The number of hydrogen-bond donors (Lipinski definition) is 1. The molecule has 6 heteroatoms. The van der Waals surface area contributed by atoms with E-state index in [9.17, 15) is 18.0 Å². The van der Waals surface area contributed by atoms with Crippen LogP contribution < -0.4 is 5.73 Å². The molecule has 96 valence electrons. The van der Waals surface area contributed by atoms with Crippen molar-refractivity contribution in [1.29, 1.82) is 0 Å². The standard InChI is InChI=1S/C10H19F3N2O/c1-3-8(7-14)6-9(16)15(2)5-4-10(11,12)13/h8H,3-7,14H2,1-2H3. The number of carbonyl (C=O) groups excluding carboxylic acids is 1. The summed E-state index contributed by atoms with van der Waals surface area (Å²) in [5.41, 5.74) is 5.42. The van der Waals surface area contributed by atoms with Crippen molar-refractivity contribution in [2.75, 3.05) is 20.1 Å². The van der Waals surface area contributed by atoms with Crippen molar-refractivity contribution in [3.05, 3.63) is 0 Å². The lowest BCUT2D eigenvalue weighted by Crippen LogP contribution is -2.32. The number of amides is 1. The zero-order valence-corrected chi connectivity index (χ0v) is 9.68. The molecule has 0 aromatic carbocycles. The molecule has 0 rings (SSSR count). The molecular weight excluding hydrogens is 221 g/mol. The van der Waals surface area contributed by atoms with Gasteiger partial charge in [0.1, 0.15) is 0 Å². The summed E-state index contributed by atoms with van der Waals surface area (Å²) in [4.78, 5) is 12.6. The SMILES string of the molecule is CCC(CN)CC(=O)N(C)CCC(F)(F)F. The van der Waals surface area contributed by atoms with E-state index in [2.05, 4.69) is 0 Å². The summed E-state index contributed by atoms with van der Waals surface area (Å²) in [6, 6.07) is 0. The monoisotopic (exact) mass is 240 g/mol. The maximum Gasteiger partial charge on any atom is 0.390 e. The van der Waals surface area contributed by atoms with Gasteiger partial charge in [0.25, 0.3) is 0 Å². The van der Waals surface area contributed by atoms with Crippen LogP contribution >= 0.6 is 0 Å². The van der Waals surface area contributed by atoms with Gasteiger partial charge in [-0.3, -0.25) is 4.79 Å². The molecule has 0 saturated heterocycles. The van der Waals surface area contributed by atoms with Crippen molar-refractivity contribution < 1.29 is 18.0 Å². The lowest BCUT2D eigenvalue weighted by Gasteiger charge is -2.20. The van der Waals surface area contributed by atoms with Crippen LogP contribution in [0.2, 0.25) is 0 Å². The van der Waals surface area contributed by atoms with Crippen LogP contribution in [0.3, 0.4) is 0 Å². The van der Waals surface area contributed by atoms with Gasteiger partial charge in [0, 0.05) is 20.0 Å². The third kappa shape index (κ3) is 6.66. The second kappa shape index (κ2) is 6.73. The molecule has 0 aliphatic rings. The molecular formula is C10H19F3N2O. The molecule has 0 aromatic heterocycles. The molecule has 0 bridgehead atoms. The fourth-order valence-electron chi connectivity index (χ4n) is 1.22. The molecule has 2 N–H and O–H groups in total. The number of nitrogens with two attached hydrogens (primary N) is 1. The first-order valence-electron chi connectivity index (χ1n) is 5.31. The van der Waals surface area contributed by atoms with Crippen LogP contribution in [0.25, 0.3) is 0 Å². The number of carbonyl (C=O) groups is 1. The maximum atomic E-state index is 11.9. The average molecular weight is 240 g/mol. The van der Waals surface area contributed by atoms with Crippen molar-refractivity contribution >= 4 is 5.91 Å². The molecule has 1 amide bonds. The molecule has 3 nitrogen and oxygen atoms in total. The Morgan fingerprint density at radius 1 is 1.44 bits per heavy atom. The first-order valence-corrected chi connectivity index (χ1v) is 5.31. The molecule has 1 unspecified atom stereocenters. The summed E-state index contributed by atoms with van der Waals surface area (Å²) in [6.07, 6.45) is -4.20. The van der Waals surface area contributed by atoms with E-state index in [0.717, 1.165) is 11.3 Å². The van der Waals surface area contributed by atoms with Gasteiger partial charge in [0.15, 0.2) is 0 Å². The minimum Gasteiger partial charge on any atom is -0.345 e. The highest BCUT2D eigenvalue weighted by molar-refractivity contribution is 5.76. The molecule has 0 aromatic rings. The second-order valence-corrected chi connectivity index (χ2v) is 3.89. The van der Waals surface area contributed by atoms with E-state index in [4.69, 9.17) is 5.73 Å². The van der Waals surface area contributed by atoms with E-state index >= 15 is 0 Å². The summed E-state index contributed by atoms with van der Waals surface area (Å²) < 4.78 is 35.7. The zero-order chi connectivity index (χ0) is 12.8. The number of alkyl halides is 3. The molecule has 1 atom stereocenters. The molecule has 0 saturated carbocycles. The second-order valence-electron chi connectivity index (χ2n) is 3.89. The third-order valence-corrected chi connectivity index (χ3v) is 2.53. The van der Waals surface area contributed by atoms with Crippen LogP contribution in [0, 0.1) is 5.92 Å². The highest BCUT2D eigenvalue weighted by atomic mass is 19.4. The normalized spacial score (nSPS) is 13.6. The van der Waals surface area contributed by atoms with E-state index in [0.29, 0.717) is 6.54 Å². The Labute approximate surface area is 93.8 Å². The van der Waals surface area contributed by atoms with Crippen LogP contribution in [0.1, 0.15) is 26.2 Å². The molecule has 16 heavy (non-hydrogen) atoms. The Hall–Kier alpha value is -0.780. The number of nitrogens with zero attached hydrogens (tertiary/aromatic N) is 1. The predicted octanol–water partition coefficient (Wildman–Crippen LogP) is 1.77. The molecule has 0 heterocycles. The van der Waals surface area contributed by atoms with E-state index in [1.807, 2.05) is 6.92 Å². The van der Waals surface area contributed by atoms with Gasteiger partial charge in [0.2, 0.25) is 5.91 Å². The maximum absolute atomic E-state index is 11.9. The van der Waals surface area contributed by atoms with Gasteiger partial charge in [0.05, 0.1) is 6.42 Å². The Balaban J connectivity index is 3.99. The molecule has 0 spiro atoms. The van der Waals surface area contributed by atoms with Crippen LogP contribution in [0.4, 0.5) is 13.2 Å². The van der Waals surface area contributed by atoms with E-state index in [1.165, 1.54) is 7.05 Å². The van der Waals surface area contributed by atoms with Crippen molar-refractivity contribution in [3.8, 4) is 0 Å². The molecule has 0 radical (unpaired) electrons. The quantitative estimate of drug-likeness (QED) is 0.769. The summed E-state index contributed by atoms with van der Waals surface area (Å²) in [5, 5.41) is 0. The first kappa shape index (κ1) is 15.2. The van der Waals surface area contributed by atoms with Gasteiger partial charge in [-0.05, 0) is 12.5 Å². The Morgan fingerprint density at radius 2 is 2.00 bits per heavy atom. The minimum absolute atomic E-state index is 0.0563. The summed E-state index contributed by atoms with van der Waals surface area (Å²) in [6.45, 7) is 2.00. The number of rotatable bonds is 6. The smallest absolute Gasteiger partial charge is 0.345 e. The van der Waals surface area contributed by atoms with E-state index in [1.54, 1.807) is 0 Å². The topological polar surface area (TPSA) is 46.3 Å². The Bertz CT molecular complexity index is 215. The number of halogens is 3. The molecule has 0 aliphatic heterocycles. The van der Waals surface area contributed by atoms with Crippen molar-refractivity contribution in [1.82, 2.24) is 4.90 Å². The van der Waals surface area contributed by atoms with Gasteiger partial charge in [-0.1, -0.05) is 13.3 Å². The van der Waals surface area contributed by atoms with E-state index < -0.39 is 12.6 Å². The van der Waals surface area contributed by atoms with Gasteiger partial charge in [-0.25, -0.2) is 0 Å². The van der Waals surface area contributed by atoms with Crippen molar-refractivity contribution in [3.63, 3.8) is 0 Å². The van der Waals surface area contributed by atoms with Crippen LogP contribution in [-0.2, 0) is 4.79 Å². The summed E-state index contributed by atoms with van der Waals surface area (Å²) >= 11 is 0. The zero-order valence-electron chi connectivity index (χ0n) is 9.68. The lowest BCUT2D eigenvalue weighted by molar-refractivity contribution is -0.144. The fourth-order valence-corrected chi connectivity index (χ4v) is 1.22. The highest BCUT2D eigenvalue weighted by Crippen LogP contribution is 2.19. The minimum atomic E-state index is -4.22. The Kier molecular flexibility index (Phi) is 6.40. The summed E-state index contributed by atoms with van der Waals surface area (Å²) in [5.74, 6) is -0.220. The number of hydrogen-bond acceptors (Lipinski definition) is 2. The van der Waals surface area contributed by atoms with Crippen LogP contribution in [0.5, 0.6) is 0 Å². The highest BCUT2D eigenvalue weighted by Gasteiger charge is 2.28. The molecule has 0 fully saturated rings. The van der Waals surface area contributed by atoms with Gasteiger partial charge >= 0.3 is 6.18 Å². The van der Waals surface area contributed by atoms with Crippen LogP contribution in [-0.4, -0.2) is 37.1 Å². The van der Waals surface area contributed by atoms with Gasteiger partial charge in [-0.15, -0.1) is 0 Å². The fraction of sp³-hybridized carbons (Fsp3) is 0.900. The van der Waals surface area contributed by atoms with Crippen LogP contribution in [0.15, 0.2) is 0 Å². The largest absolute Gasteiger partial charge is 0.390 e. The molecule has 0 aliphatic carbocycles. The first-order chi connectivity index (χ1) is 7.30.